The van der Waals surface area contributed by atoms with E-state index in [1.54, 1.807) is 6.92 Å². The van der Waals surface area contributed by atoms with Gasteiger partial charge in [0.25, 0.3) is 0 Å². The lowest BCUT2D eigenvalue weighted by Crippen LogP contribution is -1.97. The zero-order valence-corrected chi connectivity index (χ0v) is 12.2. The summed E-state index contributed by atoms with van der Waals surface area (Å²) in [5, 5.41) is 9.66. The highest BCUT2D eigenvalue weighted by Crippen LogP contribution is 2.34. The first-order valence-electron chi connectivity index (χ1n) is 5.89. The van der Waals surface area contributed by atoms with E-state index < -0.39 is 11.9 Å². The molecule has 0 aliphatic rings. The molecule has 0 radical (unpaired) electrons. The number of ether oxygens (including phenoxy) is 1. The van der Waals surface area contributed by atoms with Crippen molar-refractivity contribution in [2.75, 3.05) is 0 Å². The van der Waals surface area contributed by atoms with Gasteiger partial charge in [-0.1, -0.05) is 6.07 Å². The molecule has 0 spiro atoms. The van der Waals surface area contributed by atoms with E-state index in [1.807, 2.05) is 25.1 Å². The van der Waals surface area contributed by atoms with E-state index in [4.69, 9.17) is 4.74 Å². The lowest BCUT2D eigenvalue weighted by atomic mass is 10.1. The van der Waals surface area contributed by atoms with E-state index in [0.29, 0.717) is 17.1 Å². The topological polar surface area (TPSA) is 29.5 Å². The minimum Gasteiger partial charge on any atom is -0.456 e. The van der Waals surface area contributed by atoms with E-state index in [-0.39, 0.29) is 0 Å². The van der Waals surface area contributed by atoms with E-state index in [9.17, 15) is 9.50 Å². The van der Waals surface area contributed by atoms with Crippen molar-refractivity contribution in [3.8, 4) is 11.5 Å². The summed E-state index contributed by atoms with van der Waals surface area (Å²) < 4.78 is 19.8. The molecule has 100 valence electrons. The van der Waals surface area contributed by atoms with Crippen LogP contribution in [0.1, 0.15) is 24.2 Å². The van der Waals surface area contributed by atoms with Crippen LogP contribution in [0.2, 0.25) is 0 Å². The van der Waals surface area contributed by atoms with Gasteiger partial charge in [-0.15, -0.1) is 0 Å². The molecule has 19 heavy (non-hydrogen) atoms. The smallest absolute Gasteiger partial charge is 0.141 e. The highest BCUT2D eigenvalue weighted by molar-refractivity contribution is 9.10. The molecule has 2 aromatic carbocycles. The maximum Gasteiger partial charge on any atom is 0.141 e. The molecule has 0 saturated heterocycles. The van der Waals surface area contributed by atoms with Crippen LogP contribution in [-0.2, 0) is 0 Å². The Kier molecular flexibility index (Phi) is 4.22. The minimum absolute atomic E-state index is 0.397. The first-order valence-corrected chi connectivity index (χ1v) is 6.68. The highest BCUT2D eigenvalue weighted by Gasteiger charge is 2.12. The highest BCUT2D eigenvalue weighted by atomic mass is 79.9. The van der Waals surface area contributed by atoms with Crippen molar-refractivity contribution < 1.29 is 14.2 Å². The summed E-state index contributed by atoms with van der Waals surface area (Å²) in [4.78, 5) is 0. The first-order chi connectivity index (χ1) is 8.97. The van der Waals surface area contributed by atoms with Gasteiger partial charge in [0.2, 0.25) is 0 Å². The van der Waals surface area contributed by atoms with Gasteiger partial charge in [0, 0.05) is 5.56 Å². The second kappa shape index (κ2) is 5.72. The van der Waals surface area contributed by atoms with Gasteiger partial charge in [0.15, 0.2) is 0 Å². The Morgan fingerprint density at radius 2 is 1.84 bits per heavy atom. The van der Waals surface area contributed by atoms with Crippen LogP contribution < -0.4 is 4.74 Å². The molecule has 0 heterocycles. The van der Waals surface area contributed by atoms with Crippen molar-refractivity contribution in [3.05, 3.63) is 57.8 Å². The fourth-order valence-electron chi connectivity index (χ4n) is 1.75. The molecule has 0 aromatic heterocycles. The minimum atomic E-state index is -0.796. The molecular formula is C15H14BrFO2. The summed E-state index contributed by atoms with van der Waals surface area (Å²) in [6.07, 6.45) is -0.796. The van der Waals surface area contributed by atoms with Crippen LogP contribution >= 0.6 is 15.9 Å². The molecule has 2 rings (SSSR count). The SMILES string of the molecule is Cc1ccc(Oc2ccc(F)cc2C(C)O)c(Br)c1. The fourth-order valence-corrected chi connectivity index (χ4v) is 2.32. The Morgan fingerprint density at radius 3 is 2.47 bits per heavy atom. The van der Waals surface area contributed by atoms with Crippen LogP contribution in [0, 0.1) is 12.7 Å². The molecule has 1 unspecified atom stereocenters. The van der Waals surface area contributed by atoms with Gasteiger partial charge in [-0.25, -0.2) is 4.39 Å². The molecule has 0 amide bonds. The zero-order chi connectivity index (χ0) is 14.0. The van der Waals surface area contributed by atoms with Gasteiger partial charge in [-0.3, -0.25) is 0 Å². The molecule has 0 saturated carbocycles. The lowest BCUT2D eigenvalue weighted by Gasteiger charge is -2.14. The number of aliphatic hydroxyl groups is 1. The fraction of sp³-hybridized carbons (Fsp3) is 0.200. The summed E-state index contributed by atoms with van der Waals surface area (Å²) in [6, 6.07) is 9.79. The first kappa shape index (κ1) is 14.0. The molecule has 1 atom stereocenters. The van der Waals surface area contributed by atoms with Gasteiger partial charge in [0.05, 0.1) is 10.6 Å². The molecule has 0 bridgehead atoms. The number of hydrogen-bond acceptors (Lipinski definition) is 2. The zero-order valence-electron chi connectivity index (χ0n) is 10.7. The average Bonchev–Trinajstić information content (AvgIpc) is 2.34. The molecule has 2 aromatic rings. The van der Waals surface area contributed by atoms with Crippen molar-refractivity contribution in [1.29, 1.82) is 0 Å². The second-order valence-corrected chi connectivity index (χ2v) is 5.25. The predicted octanol–water partition coefficient (Wildman–Crippen LogP) is 4.74. The van der Waals surface area contributed by atoms with Crippen LogP contribution in [-0.4, -0.2) is 5.11 Å². The Bertz CT molecular complexity index is 597. The third-order valence-electron chi connectivity index (χ3n) is 2.73. The maximum absolute atomic E-state index is 13.2. The standard InChI is InChI=1S/C15H14BrFO2/c1-9-3-5-15(13(16)7-9)19-14-6-4-11(17)8-12(14)10(2)18/h3-8,10,18H,1-2H3. The largest absolute Gasteiger partial charge is 0.456 e. The van der Waals surface area contributed by atoms with Crippen molar-refractivity contribution in [3.63, 3.8) is 0 Å². The number of benzene rings is 2. The van der Waals surface area contributed by atoms with Crippen LogP contribution in [0.4, 0.5) is 4.39 Å². The number of halogens is 2. The van der Waals surface area contributed by atoms with Crippen molar-refractivity contribution in [2.24, 2.45) is 0 Å². The predicted molar refractivity (Wildman–Crippen MR) is 76.0 cm³/mol. The number of hydrogen-bond donors (Lipinski definition) is 1. The Labute approximate surface area is 120 Å². The van der Waals surface area contributed by atoms with E-state index in [0.717, 1.165) is 10.0 Å². The van der Waals surface area contributed by atoms with Gasteiger partial charge >= 0.3 is 0 Å². The van der Waals surface area contributed by atoms with Crippen LogP contribution in [0.15, 0.2) is 40.9 Å². The average molecular weight is 325 g/mol. The van der Waals surface area contributed by atoms with E-state index in [1.165, 1.54) is 18.2 Å². The Balaban J connectivity index is 2.38. The molecule has 0 fully saturated rings. The normalized spacial score (nSPS) is 12.3. The lowest BCUT2D eigenvalue weighted by molar-refractivity contribution is 0.195. The Morgan fingerprint density at radius 1 is 1.16 bits per heavy atom. The molecule has 2 nitrogen and oxygen atoms in total. The van der Waals surface area contributed by atoms with E-state index in [2.05, 4.69) is 15.9 Å². The van der Waals surface area contributed by atoms with E-state index >= 15 is 0 Å². The van der Waals surface area contributed by atoms with Crippen LogP contribution in [0.25, 0.3) is 0 Å². The number of rotatable bonds is 3. The van der Waals surface area contributed by atoms with Gasteiger partial charge in [0.1, 0.15) is 17.3 Å². The summed E-state index contributed by atoms with van der Waals surface area (Å²) in [7, 11) is 0. The van der Waals surface area contributed by atoms with Gasteiger partial charge in [-0.2, -0.15) is 0 Å². The Hall–Kier alpha value is -1.39. The van der Waals surface area contributed by atoms with Crippen LogP contribution in [0.3, 0.4) is 0 Å². The van der Waals surface area contributed by atoms with Gasteiger partial charge < -0.3 is 9.84 Å². The van der Waals surface area contributed by atoms with Crippen molar-refractivity contribution in [2.45, 2.75) is 20.0 Å². The quantitative estimate of drug-likeness (QED) is 0.883. The van der Waals surface area contributed by atoms with Gasteiger partial charge in [-0.05, 0) is 65.7 Å². The summed E-state index contributed by atoms with van der Waals surface area (Å²) >= 11 is 3.42. The number of aryl methyl sites for hydroxylation is 1. The summed E-state index contributed by atoms with van der Waals surface area (Å²) in [5.74, 6) is 0.672. The third-order valence-corrected chi connectivity index (χ3v) is 3.35. The summed E-state index contributed by atoms with van der Waals surface area (Å²) in [6.45, 7) is 3.56. The van der Waals surface area contributed by atoms with Crippen LogP contribution in [0.5, 0.6) is 11.5 Å². The molecule has 0 aliphatic heterocycles. The van der Waals surface area contributed by atoms with Crippen molar-refractivity contribution >= 4 is 15.9 Å². The molecule has 0 aliphatic carbocycles. The monoisotopic (exact) mass is 324 g/mol. The summed E-state index contributed by atoms with van der Waals surface area (Å²) in [5.41, 5.74) is 1.53. The third kappa shape index (κ3) is 3.33. The molecule has 1 N–H and O–H groups in total. The second-order valence-electron chi connectivity index (χ2n) is 4.39. The maximum atomic E-state index is 13.2. The number of aliphatic hydroxyl groups excluding tert-OH is 1. The molecular weight excluding hydrogens is 311 g/mol. The van der Waals surface area contributed by atoms with Crippen molar-refractivity contribution in [1.82, 2.24) is 0 Å². The molecule has 4 heteroatoms.